The number of anilines is 2. The molecule has 1 aliphatic rings. The first kappa shape index (κ1) is 24.7. The number of benzene rings is 1. The fourth-order valence-electron chi connectivity index (χ4n) is 4.65. The van der Waals surface area contributed by atoms with Gasteiger partial charge in [0, 0.05) is 43.7 Å². The van der Waals surface area contributed by atoms with Crippen molar-refractivity contribution in [3.05, 3.63) is 36.0 Å². The van der Waals surface area contributed by atoms with Crippen molar-refractivity contribution < 1.29 is 14.1 Å². The Bertz CT molecular complexity index is 914. The zero-order chi connectivity index (χ0) is 23.8. The predicted octanol–water partition coefficient (Wildman–Crippen LogP) is 4.56. The third kappa shape index (κ3) is 6.55. The van der Waals surface area contributed by atoms with E-state index < -0.39 is 5.54 Å². The summed E-state index contributed by atoms with van der Waals surface area (Å²) in [5.74, 6) is 0.741. The van der Waals surface area contributed by atoms with Gasteiger partial charge in [-0.25, -0.2) is 0 Å². The van der Waals surface area contributed by atoms with Crippen LogP contribution in [0.5, 0.6) is 0 Å². The largest absolute Gasteiger partial charge is 0.369 e. The molecule has 2 N–H and O–H groups in total. The molecule has 0 spiro atoms. The molecule has 0 bridgehead atoms. The van der Waals surface area contributed by atoms with Gasteiger partial charge in [-0.15, -0.1) is 0 Å². The molecule has 1 heterocycles. The molecular weight excluding hydrogens is 418 g/mol. The third-order valence-electron chi connectivity index (χ3n) is 6.28. The van der Waals surface area contributed by atoms with Gasteiger partial charge in [0.15, 0.2) is 5.82 Å². The van der Waals surface area contributed by atoms with E-state index >= 15 is 0 Å². The second kappa shape index (κ2) is 11.3. The molecule has 0 aliphatic heterocycles. The molecule has 1 aromatic carbocycles. The molecule has 1 fully saturated rings. The highest BCUT2D eigenvalue weighted by molar-refractivity contribution is 5.90. The summed E-state index contributed by atoms with van der Waals surface area (Å²) in [6.45, 7) is 8.91. The first-order chi connectivity index (χ1) is 15.8. The van der Waals surface area contributed by atoms with Crippen molar-refractivity contribution in [3.8, 4) is 0 Å². The van der Waals surface area contributed by atoms with E-state index in [9.17, 15) is 9.59 Å². The van der Waals surface area contributed by atoms with Crippen LogP contribution in [0.1, 0.15) is 84.4 Å². The Kier molecular flexibility index (Phi) is 8.47. The average molecular weight is 456 g/mol. The lowest BCUT2D eigenvalue weighted by Crippen LogP contribution is -2.45. The molecule has 1 aliphatic carbocycles. The second-order valence-electron chi connectivity index (χ2n) is 9.16. The molecule has 1 aromatic heterocycles. The van der Waals surface area contributed by atoms with Crippen LogP contribution in [0.15, 0.2) is 28.8 Å². The minimum atomic E-state index is -0.573. The smallest absolute Gasteiger partial charge is 0.227 e. The van der Waals surface area contributed by atoms with E-state index in [1.807, 2.05) is 24.3 Å². The van der Waals surface area contributed by atoms with Crippen molar-refractivity contribution in [1.29, 1.82) is 0 Å². The van der Waals surface area contributed by atoms with Gasteiger partial charge in [-0.05, 0) is 57.9 Å². The summed E-state index contributed by atoms with van der Waals surface area (Å²) in [6.07, 6.45) is 6.50. The van der Waals surface area contributed by atoms with Crippen LogP contribution in [-0.4, -0.2) is 34.5 Å². The Balaban J connectivity index is 1.58. The summed E-state index contributed by atoms with van der Waals surface area (Å²) in [4.78, 5) is 31.2. The third-order valence-corrected chi connectivity index (χ3v) is 6.28. The minimum absolute atomic E-state index is 0.0934. The molecule has 2 amide bonds. The molecule has 3 rings (SSSR count). The molecule has 8 heteroatoms. The maximum absolute atomic E-state index is 12.5. The van der Waals surface area contributed by atoms with E-state index in [4.69, 9.17) is 4.52 Å². The van der Waals surface area contributed by atoms with E-state index in [2.05, 4.69) is 46.4 Å². The van der Waals surface area contributed by atoms with Crippen molar-refractivity contribution in [2.24, 2.45) is 0 Å². The van der Waals surface area contributed by atoms with Gasteiger partial charge in [-0.1, -0.05) is 30.8 Å². The molecule has 2 aromatic rings. The van der Waals surface area contributed by atoms with Crippen LogP contribution in [0, 0.1) is 0 Å². The number of carbonyl (C=O) groups is 2. The summed E-state index contributed by atoms with van der Waals surface area (Å²) in [5.41, 5.74) is 1.32. The van der Waals surface area contributed by atoms with Gasteiger partial charge in [0.1, 0.15) is 5.54 Å². The van der Waals surface area contributed by atoms with Gasteiger partial charge in [0.2, 0.25) is 17.7 Å². The SMILES string of the molecule is CCN(c1ccc(NC(=O)CCc2nc(C3(NC(C)=O)CCCCCC3)no2)cc1)C(C)C. The monoisotopic (exact) mass is 455 g/mol. The van der Waals surface area contributed by atoms with Crippen LogP contribution in [0.2, 0.25) is 0 Å². The van der Waals surface area contributed by atoms with E-state index in [1.165, 1.54) is 6.92 Å². The van der Waals surface area contributed by atoms with Crippen molar-refractivity contribution in [1.82, 2.24) is 15.5 Å². The number of aryl methyl sites for hydroxylation is 1. The standard InChI is InChI=1S/C25H37N5O3/c1-5-30(18(2)3)21-12-10-20(11-13-21)26-22(32)14-15-23-27-24(29-33-23)25(28-19(4)31)16-8-6-7-9-17-25/h10-13,18H,5-9,14-17H2,1-4H3,(H,26,32)(H,28,31). The lowest BCUT2D eigenvalue weighted by molar-refractivity contribution is -0.121. The van der Waals surface area contributed by atoms with E-state index in [-0.39, 0.29) is 18.2 Å². The first-order valence-corrected chi connectivity index (χ1v) is 12.1. The molecule has 33 heavy (non-hydrogen) atoms. The molecule has 1 saturated carbocycles. The highest BCUT2D eigenvalue weighted by Gasteiger charge is 2.38. The number of nitrogens with one attached hydrogen (secondary N) is 2. The zero-order valence-corrected chi connectivity index (χ0v) is 20.3. The van der Waals surface area contributed by atoms with Crippen molar-refractivity contribution >= 4 is 23.2 Å². The number of aromatic nitrogens is 2. The topological polar surface area (TPSA) is 100 Å². The van der Waals surface area contributed by atoms with Crippen LogP contribution < -0.4 is 15.5 Å². The van der Waals surface area contributed by atoms with Crippen molar-refractivity contribution in [3.63, 3.8) is 0 Å². The Hall–Kier alpha value is -2.90. The number of carbonyl (C=O) groups excluding carboxylic acids is 2. The summed E-state index contributed by atoms with van der Waals surface area (Å²) >= 11 is 0. The maximum atomic E-state index is 12.5. The number of amides is 2. The van der Waals surface area contributed by atoms with E-state index in [1.54, 1.807) is 0 Å². The quantitative estimate of drug-likeness (QED) is 0.538. The molecule has 0 unspecified atom stereocenters. The average Bonchev–Trinajstić information content (AvgIpc) is 3.13. The van der Waals surface area contributed by atoms with Crippen LogP contribution in [-0.2, 0) is 21.5 Å². The van der Waals surface area contributed by atoms with Gasteiger partial charge in [0.05, 0.1) is 0 Å². The van der Waals surface area contributed by atoms with Crippen molar-refractivity contribution in [2.75, 3.05) is 16.8 Å². The normalized spacial score (nSPS) is 15.7. The van der Waals surface area contributed by atoms with Crippen molar-refractivity contribution in [2.45, 2.75) is 90.6 Å². The maximum Gasteiger partial charge on any atom is 0.227 e. The Morgan fingerprint density at radius 2 is 1.79 bits per heavy atom. The molecule has 8 nitrogen and oxygen atoms in total. The van der Waals surface area contributed by atoms with Gasteiger partial charge in [0.25, 0.3) is 0 Å². The summed E-state index contributed by atoms with van der Waals surface area (Å²) in [7, 11) is 0. The predicted molar refractivity (Wildman–Crippen MR) is 129 cm³/mol. The highest BCUT2D eigenvalue weighted by atomic mass is 16.5. The molecule has 0 atom stereocenters. The fraction of sp³-hybridized carbons (Fsp3) is 0.600. The fourth-order valence-corrected chi connectivity index (χ4v) is 4.65. The number of rotatable bonds is 9. The summed E-state index contributed by atoms with van der Waals surface area (Å²) in [5, 5.41) is 10.2. The molecule has 0 radical (unpaired) electrons. The molecular formula is C25H37N5O3. The lowest BCUT2D eigenvalue weighted by Gasteiger charge is -2.30. The zero-order valence-electron chi connectivity index (χ0n) is 20.3. The van der Waals surface area contributed by atoms with Gasteiger partial charge in [-0.3, -0.25) is 9.59 Å². The Morgan fingerprint density at radius 3 is 2.36 bits per heavy atom. The van der Waals surface area contributed by atoms with Crippen LogP contribution >= 0.6 is 0 Å². The number of hydrogen-bond acceptors (Lipinski definition) is 6. The van der Waals surface area contributed by atoms with Crippen LogP contribution in [0.25, 0.3) is 0 Å². The highest BCUT2D eigenvalue weighted by Crippen LogP contribution is 2.34. The number of hydrogen-bond donors (Lipinski definition) is 2. The van der Waals surface area contributed by atoms with E-state index in [0.717, 1.165) is 56.4 Å². The van der Waals surface area contributed by atoms with Crippen LogP contribution in [0.3, 0.4) is 0 Å². The Labute approximate surface area is 196 Å². The van der Waals surface area contributed by atoms with E-state index in [0.29, 0.717) is 24.2 Å². The summed E-state index contributed by atoms with van der Waals surface area (Å²) in [6, 6.07) is 8.31. The van der Waals surface area contributed by atoms with Gasteiger partial charge in [-0.2, -0.15) is 4.98 Å². The molecule has 0 saturated heterocycles. The minimum Gasteiger partial charge on any atom is -0.369 e. The number of nitrogens with zero attached hydrogens (tertiary/aromatic N) is 3. The summed E-state index contributed by atoms with van der Waals surface area (Å²) < 4.78 is 5.44. The van der Waals surface area contributed by atoms with Crippen LogP contribution in [0.4, 0.5) is 11.4 Å². The molecule has 180 valence electrons. The lowest BCUT2D eigenvalue weighted by atomic mass is 9.89. The Morgan fingerprint density at radius 1 is 1.12 bits per heavy atom. The van der Waals surface area contributed by atoms with Gasteiger partial charge < -0.3 is 20.1 Å². The second-order valence-corrected chi connectivity index (χ2v) is 9.16. The van der Waals surface area contributed by atoms with Gasteiger partial charge >= 0.3 is 0 Å². The first-order valence-electron chi connectivity index (χ1n) is 12.1.